The molecule has 1 amide bonds. The number of rotatable bonds is 9. The smallest absolute Gasteiger partial charge is 0.284 e. The predicted molar refractivity (Wildman–Crippen MR) is 73.7 cm³/mol. The van der Waals surface area contributed by atoms with E-state index in [4.69, 9.17) is 9.47 Å². The number of aromatic nitrogens is 2. The Balaban J connectivity index is 2.63. The monoisotopic (exact) mass is 288 g/mol. The second-order valence-electron chi connectivity index (χ2n) is 3.79. The maximum absolute atomic E-state index is 12.3. The summed E-state index contributed by atoms with van der Waals surface area (Å²) in [5.74, 6) is -0.118. The third-order valence-electron chi connectivity index (χ3n) is 2.45. The van der Waals surface area contributed by atoms with Crippen molar-refractivity contribution >= 4 is 22.4 Å². The summed E-state index contributed by atoms with van der Waals surface area (Å²) in [4.78, 5) is 14.0. The number of nitrogens with one attached hydrogen (secondary N) is 1. The Bertz CT molecular complexity index is 386. The molecule has 19 heavy (non-hydrogen) atoms. The van der Waals surface area contributed by atoms with E-state index in [9.17, 15) is 4.79 Å². The van der Waals surface area contributed by atoms with E-state index >= 15 is 0 Å². The first-order valence-corrected chi connectivity index (χ1v) is 6.83. The highest BCUT2D eigenvalue weighted by molar-refractivity contribution is 7.17. The molecule has 7 nitrogen and oxygen atoms in total. The van der Waals surface area contributed by atoms with Crippen molar-refractivity contribution in [2.24, 2.45) is 0 Å². The van der Waals surface area contributed by atoms with Gasteiger partial charge >= 0.3 is 0 Å². The maximum Gasteiger partial charge on any atom is 0.284 e. The number of hydrogen-bond donors (Lipinski definition) is 1. The first kappa shape index (κ1) is 15.8. The largest absolute Gasteiger partial charge is 0.385 e. The van der Waals surface area contributed by atoms with Crippen LogP contribution in [0.5, 0.6) is 0 Å². The number of anilines is 1. The number of carbonyl (C=O) groups is 1. The van der Waals surface area contributed by atoms with E-state index in [0.717, 1.165) is 6.42 Å². The normalized spacial score (nSPS) is 10.5. The fourth-order valence-electron chi connectivity index (χ4n) is 1.46. The van der Waals surface area contributed by atoms with E-state index in [1.165, 1.54) is 11.3 Å². The molecule has 1 N–H and O–H groups in total. The molecule has 1 heterocycles. The summed E-state index contributed by atoms with van der Waals surface area (Å²) < 4.78 is 10.0. The Labute approximate surface area is 116 Å². The van der Waals surface area contributed by atoms with E-state index in [0.29, 0.717) is 36.4 Å². The van der Waals surface area contributed by atoms with E-state index in [1.54, 1.807) is 26.2 Å². The summed E-state index contributed by atoms with van der Waals surface area (Å²) >= 11 is 1.25. The Kier molecular flexibility index (Phi) is 7.31. The summed E-state index contributed by atoms with van der Waals surface area (Å²) in [6, 6.07) is 0. The molecular formula is C11H20N4O3S. The van der Waals surface area contributed by atoms with Crippen LogP contribution in [0.25, 0.3) is 0 Å². The third kappa shape index (κ3) is 5.09. The molecule has 0 unspecified atom stereocenters. The summed E-state index contributed by atoms with van der Waals surface area (Å²) in [6.07, 6.45) is 0.781. The van der Waals surface area contributed by atoms with Gasteiger partial charge in [-0.2, -0.15) is 0 Å². The second-order valence-corrected chi connectivity index (χ2v) is 4.77. The minimum atomic E-state index is -0.118. The van der Waals surface area contributed by atoms with Crippen molar-refractivity contribution in [3.63, 3.8) is 0 Å². The molecule has 0 atom stereocenters. The number of ether oxygens (including phenoxy) is 2. The standard InChI is InChI=1S/C11H20N4O3S/c1-12-11-14-13-9(19-11)10(16)15(6-8-18-3)5-4-7-17-2/h4-8H2,1-3H3,(H,12,14). The average Bonchev–Trinajstić information content (AvgIpc) is 2.91. The van der Waals surface area contributed by atoms with Gasteiger partial charge in [0.25, 0.3) is 5.91 Å². The molecule has 0 aliphatic carbocycles. The Morgan fingerprint density at radius 1 is 1.26 bits per heavy atom. The third-order valence-corrected chi connectivity index (χ3v) is 3.38. The van der Waals surface area contributed by atoms with Gasteiger partial charge in [0.05, 0.1) is 6.61 Å². The van der Waals surface area contributed by atoms with Crippen molar-refractivity contribution in [3.05, 3.63) is 5.01 Å². The Hall–Kier alpha value is -1.25. The molecule has 0 saturated carbocycles. The first-order valence-electron chi connectivity index (χ1n) is 6.01. The predicted octanol–water partition coefficient (Wildman–Crippen LogP) is 0.705. The Morgan fingerprint density at radius 3 is 2.58 bits per heavy atom. The quantitative estimate of drug-likeness (QED) is 0.674. The molecule has 0 radical (unpaired) electrons. The summed E-state index contributed by atoms with van der Waals surface area (Å²) in [6.45, 7) is 2.27. The van der Waals surface area contributed by atoms with Crippen LogP contribution in [0.4, 0.5) is 5.13 Å². The van der Waals surface area contributed by atoms with Crippen LogP contribution in [0.3, 0.4) is 0 Å². The molecular weight excluding hydrogens is 268 g/mol. The van der Waals surface area contributed by atoms with Crippen LogP contribution in [-0.2, 0) is 9.47 Å². The van der Waals surface area contributed by atoms with Gasteiger partial charge in [0.2, 0.25) is 10.1 Å². The fraction of sp³-hybridized carbons (Fsp3) is 0.727. The zero-order chi connectivity index (χ0) is 14.1. The summed E-state index contributed by atoms with van der Waals surface area (Å²) in [5.41, 5.74) is 0. The molecule has 1 rings (SSSR count). The summed E-state index contributed by atoms with van der Waals surface area (Å²) in [5, 5.41) is 11.6. The van der Waals surface area contributed by atoms with Gasteiger partial charge in [-0.15, -0.1) is 10.2 Å². The topological polar surface area (TPSA) is 76.6 Å². The van der Waals surface area contributed by atoms with Crippen LogP contribution in [0.15, 0.2) is 0 Å². The van der Waals surface area contributed by atoms with Crippen LogP contribution >= 0.6 is 11.3 Å². The molecule has 0 aliphatic heterocycles. The van der Waals surface area contributed by atoms with Crippen molar-refractivity contribution in [3.8, 4) is 0 Å². The van der Waals surface area contributed by atoms with Gasteiger partial charge in [-0.25, -0.2) is 0 Å². The van der Waals surface area contributed by atoms with E-state index in [2.05, 4.69) is 15.5 Å². The van der Waals surface area contributed by atoms with Gasteiger partial charge in [-0.3, -0.25) is 4.79 Å². The van der Waals surface area contributed by atoms with E-state index in [1.807, 2.05) is 0 Å². The highest BCUT2D eigenvalue weighted by Crippen LogP contribution is 2.16. The van der Waals surface area contributed by atoms with Crippen LogP contribution < -0.4 is 5.32 Å². The van der Waals surface area contributed by atoms with Crippen molar-refractivity contribution in [1.82, 2.24) is 15.1 Å². The minimum absolute atomic E-state index is 0.118. The fourth-order valence-corrected chi connectivity index (χ4v) is 2.13. The van der Waals surface area contributed by atoms with Gasteiger partial charge in [0.1, 0.15) is 0 Å². The molecule has 0 fully saturated rings. The molecule has 8 heteroatoms. The van der Waals surface area contributed by atoms with Crippen molar-refractivity contribution < 1.29 is 14.3 Å². The van der Waals surface area contributed by atoms with Crippen LogP contribution in [-0.4, -0.2) is 68.6 Å². The van der Waals surface area contributed by atoms with Crippen LogP contribution in [0.2, 0.25) is 0 Å². The lowest BCUT2D eigenvalue weighted by molar-refractivity contribution is 0.0673. The van der Waals surface area contributed by atoms with E-state index < -0.39 is 0 Å². The average molecular weight is 288 g/mol. The highest BCUT2D eigenvalue weighted by atomic mass is 32.1. The maximum atomic E-state index is 12.3. The summed E-state index contributed by atoms with van der Waals surface area (Å²) in [7, 11) is 5.00. The molecule has 0 aromatic carbocycles. The Morgan fingerprint density at radius 2 is 2.00 bits per heavy atom. The molecule has 0 spiro atoms. The van der Waals surface area contributed by atoms with Gasteiger partial charge in [-0.05, 0) is 6.42 Å². The second kappa shape index (κ2) is 8.78. The molecule has 108 valence electrons. The first-order chi connectivity index (χ1) is 9.22. The SMILES string of the molecule is CNc1nnc(C(=O)N(CCCOC)CCOC)s1. The van der Waals surface area contributed by atoms with Gasteiger partial charge in [0.15, 0.2) is 0 Å². The van der Waals surface area contributed by atoms with Gasteiger partial charge in [-0.1, -0.05) is 11.3 Å². The molecule has 0 aliphatic rings. The van der Waals surface area contributed by atoms with Crippen LogP contribution in [0, 0.1) is 0 Å². The zero-order valence-corrected chi connectivity index (χ0v) is 12.3. The van der Waals surface area contributed by atoms with E-state index in [-0.39, 0.29) is 5.91 Å². The molecule has 1 aromatic rings. The lowest BCUT2D eigenvalue weighted by atomic mass is 10.3. The highest BCUT2D eigenvalue weighted by Gasteiger charge is 2.19. The molecule has 0 saturated heterocycles. The molecule has 0 bridgehead atoms. The van der Waals surface area contributed by atoms with Gasteiger partial charge in [0, 0.05) is 41.0 Å². The van der Waals surface area contributed by atoms with Crippen LogP contribution in [0.1, 0.15) is 16.2 Å². The number of nitrogens with zero attached hydrogens (tertiary/aromatic N) is 3. The number of amides is 1. The van der Waals surface area contributed by atoms with Crippen molar-refractivity contribution in [2.45, 2.75) is 6.42 Å². The zero-order valence-electron chi connectivity index (χ0n) is 11.5. The minimum Gasteiger partial charge on any atom is -0.385 e. The lowest BCUT2D eigenvalue weighted by Gasteiger charge is -2.20. The lowest BCUT2D eigenvalue weighted by Crippen LogP contribution is -2.35. The number of methoxy groups -OCH3 is 2. The number of carbonyl (C=O) groups excluding carboxylic acids is 1. The van der Waals surface area contributed by atoms with Crippen molar-refractivity contribution in [1.29, 1.82) is 0 Å². The van der Waals surface area contributed by atoms with Gasteiger partial charge < -0.3 is 19.7 Å². The number of hydrogen-bond acceptors (Lipinski definition) is 7. The van der Waals surface area contributed by atoms with Crippen molar-refractivity contribution in [2.75, 3.05) is 52.9 Å². The molecule has 1 aromatic heterocycles.